The van der Waals surface area contributed by atoms with Gasteiger partial charge in [0, 0.05) is 0 Å². The Labute approximate surface area is 83.1 Å². The van der Waals surface area contributed by atoms with E-state index >= 15 is 0 Å². The lowest BCUT2D eigenvalue weighted by Crippen LogP contribution is -2.20. The molecule has 0 saturated heterocycles. The monoisotopic (exact) mass is 180 g/mol. The van der Waals surface area contributed by atoms with Crippen LogP contribution < -0.4 is 0 Å². The second kappa shape index (κ2) is 3.00. The molecule has 0 bridgehead atoms. The summed E-state index contributed by atoms with van der Waals surface area (Å²) in [6.07, 6.45) is 10.7. The molecule has 0 heteroatoms. The zero-order chi connectivity index (χ0) is 9.53. The number of rotatable bonds is 1. The van der Waals surface area contributed by atoms with Gasteiger partial charge in [-0.15, -0.1) is 0 Å². The van der Waals surface area contributed by atoms with Gasteiger partial charge in [-0.25, -0.2) is 0 Å². The van der Waals surface area contributed by atoms with Crippen molar-refractivity contribution in [1.82, 2.24) is 0 Å². The van der Waals surface area contributed by atoms with Gasteiger partial charge in [0.1, 0.15) is 0 Å². The lowest BCUT2D eigenvalue weighted by molar-refractivity contribution is 0.194. The molecule has 76 valence electrons. The van der Waals surface area contributed by atoms with Crippen molar-refractivity contribution in [3.8, 4) is 0 Å². The van der Waals surface area contributed by atoms with E-state index in [1.807, 2.05) is 0 Å². The molecule has 0 aromatic carbocycles. The predicted molar refractivity (Wildman–Crippen MR) is 57.7 cm³/mol. The summed E-state index contributed by atoms with van der Waals surface area (Å²) in [5.41, 5.74) is 1.44. The van der Waals surface area contributed by atoms with Crippen LogP contribution in [0.1, 0.15) is 65.7 Å². The Bertz CT molecular complexity index is 171. The molecule has 0 nitrogen and oxygen atoms in total. The van der Waals surface area contributed by atoms with Gasteiger partial charge in [0.2, 0.25) is 0 Å². The molecule has 0 heterocycles. The fraction of sp³-hybridized carbons (Fsp3) is 1.00. The summed E-state index contributed by atoms with van der Waals surface area (Å²) >= 11 is 0. The van der Waals surface area contributed by atoms with Crippen molar-refractivity contribution in [2.24, 2.45) is 16.7 Å². The molecule has 0 radical (unpaired) electrons. The molecule has 0 unspecified atom stereocenters. The van der Waals surface area contributed by atoms with Crippen molar-refractivity contribution in [1.29, 1.82) is 0 Å². The van der Waals surface area contributed by atoms with Crippen LogP contribution in [0.2, 0.25) is 0 Å². The third-order valence-electron chi connectivity index (χ3n) is 4.02. The third kappa shape index (κ3) is 2.48. The topological polar surface area (TPSA) is 0 Å². The summed E-state index contributed by atoms with van der Waals surface area (Å²) in [5, 5.41) is 0. The maximum absolute atomic E-state index is 2.38. The van der Waals surface area contributed by atoms with Crippen LogP contribution in [0.4, 0.5) is 0 Å². The van der Waals surface area contributed by atoms with Crippen molar-refractivity contribution in [3.05, 3.63) is 0 Å². The second-order valence-corrected chi connectivity index (χ2v) is 6.71. The van der Waals surface area contributed by atoms with Crippen molar-refractivity contribution in [3.63, 3.8) is 0 Å². The Hall–Kier alpha value is 0. The van der Waals surface area contributed by atoms with E-state index in [1.165, 1.54) is 19.3 Å². The molecular weight excluding hydrogens is 156 g/mol. The molecule has 2 rings (SSSR count). The smallest absolute Gasteiger partial charge is 0.0297 e. The first-order chi connectivity index (χ1) is 5.99. The van der Waals surface area contributed by atoms with Gasteiger partial charge in [-0.3, -0.25) is 0 Å². The van der Waals surface area contributed by atoms with Crippen molar-refractivity contribution < 1.29 is 0 Å². The van der Waals surface area contributed by atoms with Crippen LogP contribution in [0.25, 0.3) is 0 Å². The molecule has 13 heavy (non-hydrogen) atoms. The molecule has 2 fully saturated rings. The van der Waals surface area contributed by atoms with E-state index < -0.39 is 0 Å². The molecule has 1 spiro atoms. The van der Waals surface area contributed by atoms with Gasteiger partial charge in [-0.05, 0) is 61.7 Å². The summed E-state index contributed by atoms with van der Waals surface area (Å²) in [6, 6.07) is 0. The highest BCUT2D eigenvalue weighted by molar-refractivity contribution is 4.96. The van der Waals surface area contributed by atoms with Crippen LogP contribution in [0.15, 0.2) is 0 Å². The molecule has 0 aromatic rings. The fourth-order valence-corrected chi connectivity index (χ4v) is 3.04. The number of hydrogen-bond acceptors (Lipinski definition) is 0. The van der Waals surface area contributed by atoms with Gasteiger partial charge in [0.15, 0.2) is 0 Å². The van der Waals surface area contributed by atoms with E-state index in [2.05, 4.69) is 20.8 Å². The van der Waals surface area contributed by atoms with Crippen LogP contribution >= 0.6 is 0 Å². The van der Waals surface area contributed by atoms with Crippen LogP contribution in [0, 0.1) is 16.7 Å². The normalized spacial score (nSPS) is 27.9. The lowest BCUT2D eigenvalue weighted by atomic mass is 9.73. The van der Waals surface area contributed by atoms with Gasteiger partial charge in [0.05, 0.1) is 0 Å². The summed E-state index contributed by atoms with van der Waals surface area (Å²) < 4.78 is 0. The molecule has 0 aliphatic heterocycles. The quantitative estimate of drug-likeness (QED) is 0.561. The maximum atomic E-state index is 2.38. The highest BCUT2D eigenvalue weighted by Gasteiger charge is 2.44. The summed E-state index contributed by atoms with van der Waals surface area (Å²) in [7, 11) is 0. The first kappa shape index (κ1) is 9.55. The Morgan fingerprint density at radius 1 is 1.00 bits per heavy atom. The minimum Gasteiger partial charge on any atom is -0.0602 e. The van der Waals surface area contributed by atoms with Gasteiger partial charge in [-0.2, -0.15) is 0 Å². The van der Waals surface area contributed by atoms with Crippen molar-refractivity contribution in [2.45, 2.75) is 65.7 Å². The molecular formula is C13H24. The van der Waals surface area contributed by atoms with Gasteiger partial charge >= 0.3 is 0 Å². The van der Waals surface area contributed by atoms with E-state index in [1.54, 1.807) is 25.7 Å². The zero-order valence-electron chi connectivity index (χ0n) is 9.53. The average molecular weight is 180 g/mol. The van der Waals surface area contributed by atoms with Crippen LogP contribution in [0.5, 0.6) is 0 Å². The van der Waals surface area contributed by atoms with Crippen molar-refractivity contribution in [2.75, 3.05) is 0 Å². The summed E-state index contributed by atoms with van der Waals surface area (Å²) in [6.45, 7) is 7.15. The van der Waals surface area contributed by atoms with E-state index in [4.69, 9.17) is 0 Å². The minimum absolute atomic E-state index is 0.554. The summed E-state index contributed by atoms with van der Waals surface area (Å²) in [4.78, 5) is 0. The van der Waals surface area contributed by atoms with Gasteiger partial charge < -0.3 is 0 Å². The third-order valence-corrected chi connectivity index (χ3v) is 4.02. The van der Waals surface area contributed by atoms with Crippen LogP contribution in [-0.4, -0.2) is 0 Å². The molecule has 0 atom stereocenters. The van der Waals surface area contributed by atoms with Crippen molar-refractivity contribution >= 4 is 0 Å². The van der Waals surface area contributed by atoms with Gasteiger partial charge in [-0.1, -0.05) is 20.8 Å². The van der Waals surface area contributed by atoms with Gasteiger partial charge in [0.25, 0.3) is 0 Å². The Kier molecular flexibility index (Phi) is 2.20. The summed E-state index contributed by atoms with van der Waals surface area (Å²) in [5.74, 6) is 1.05. The SMILES string of the molecule is CC(C)(C)CC1CCC2(CC1)CC2. The fourth-order valence-electron chi connectivity index (χ4n) is 3.04. The van der Waals surface area contributed by atoms with Crippen LogP contribution in [0.3, 0.4) is 0 Å². The molecule has 0 N–H and O–H groups in total. The Balaban J connectivity index is 1.78. The zero-order valence-corrected chi connectivity index (χ0v) is 9.53. The van der Waals surface area contributed by atoms with E-state index in [0.717, 1.165) is 11.3 Å². The van der Waals surface area contributed by atoms with Crippen LogP contribution in [-0.2, 0) is 0 Å². The molecule has 2 aliphatic carbocycles. The highest BCUT2D eigenvalue weighted by Crippen LogP contribution is 2.57. The first-order valence-corrected chi connectivity index (χ1v) is 5.99. The van der Waals surface area contributed by atoms with E-state index in [-0.39, 0.29) is 0 Å². The largest absolute Gasteiger partial charge is 0.0602 e. The maximum Gasteiger partial charge on any atom is -0.0297 e. The molecule has 2 aliphatic rings. The molecule has 2 saturated carbocycles. The minimum atomic E-state index is 0.554. The lowest BCUT2D eigenvalue weighted by Gasteiger charge is -2.32. The number of hydrogen-bond donors (Lipinski definition) is 0. The second-order valence-electron chi connectivity index (χ2n) is 6.71. The highest BCUT2D eigenvalue weighted by atomic mass is 14.5. The Morgan fingerprint density at radius 2 is 1.54 bits per heavy atom. The molecule has 0 aromatic heterocycles. The van der Waals surface area contributed by atoms with E-state index in [0.29, 0.717) is 5.41 Å². The molecule has 0 amide bonds. The average Bonchev–Trinajstić information content (AvgIpc) is 2.73. The Morgan fingerprint density at radius 3 is 1.92 bits per heavy atom. The predicted octanol–water partition coefficient (Wildman–Crippen LogP) is 4.39. The first-order valence-electron chi connectivity index (χ1n) is 5.99. The standard InChI is InChI=1S/C13H24/c1-12(2,3)10-11-4-6-13(7-5-11)8-9-13/h11H,4-10H2,1-3H3. The van der Waals surface area contributed by atoms with E-state index in [9.17, 15) is 0 Å².